The van der Waals surface area contributed by atoms with Gasteiger partial charge in [-0.3, -0.25) is 4.79 Å². The van der Waals surface area contributed by atoms with Crippen LogP contribution in [0.4, 0.5) is 4.39 Å². The van der Waals surface area contributed by atoms with Gasteiger partial charge in [0.25, 0.3) is 5.91 Å². The van der Waals surface area contributed by atoms with E-state index in [0.717, 1.165) is 12.1 Å². The van der Waals surface area contributed by atoms with Gasteiger partial charge < -0.3 is 10.6 Å². The van der Waals surface area contributed by atoms with Crippen LogP contribution in [0.3, 0.4) is 0 Å². The second kappa shape index (κ2) is 5.66. The summed E-state index contributed by atoms with van der Waals surface area (Å²) in [6.45, 7) is 2.85. The molecular formula is C17H17FN2O. The van der Waals surface area contributed by atoms with Crippen molar-refractivity contribution in [2.75, 3.05) is 0 Å². The number of benzene rings is 2. The number of carbonyl (C=O) groups is 1. The first-order chi connectivity index (χ1) is 10.1. The Labute approximate surface area is 123 Å². The van der Waals surface area contributed by atoms with Gasteiger partial charge in [-0.25, -0.2) is 4.39 Å². The van der Waals surface area contributed by atoms with Gasteiger partial charge in [-0.1, -0.05) is 24.3 Å². The summed E-state index contributed by atoms with van der Waals surface area (Å²) in [5.41, 5.74) is 2.80. The van der Waals surface area contributed by atoms with E-state index in [4.69, 9.17) is 0 Å². The van der Waals surface area contributed by atoms with Gasteiger partial charge in [0.1, 0.15) is 5.82 Å². The highest BCUT2D eigenvalue weighted by Gasteiger charge is 2.27. The lowest BCUT2D eigenvalue weighted by Crippen LogP contribution is -2.45. The van der Waals surface area contributed by atoms with Gasteiger partial charge in [-0.15, -0.1) is 0 Å². The maximum atomic E-state index is 12.9. The second-order valence-electron chi connectivity index (χ2n) is 5.33. The molecule has 4 heteroatoms. The molecule has 2 N–H and O–H groups in total. The molecule has 1 aliphatic heterocycles. The van der Waals surface area contributed by atoms with Crippen LogP contribution < -0.4 is 10.6 Å². The van der Waals surface area contributed by atoms with Gasteiger partial charge in [0, 0.05) is 18.2 Å². The molecule has 0 saturated carbocycles. The molecule has 3 nitrogen and oxygen atoms in total. The number of hydrogen-bond acceptors (Lipinski definition) is 2. The van der Waals surface area contributed by atoms with E-state index >= 15 is 0 Å². The van der Waals surface area contributed by atoms with Crippen LogP contribution >= 0.6 is 0 Å². The Morgan fingerprint density at radius 3 is 2.67 bits per heavy atom. The lowest BCUT2D eigenvalue weighted by atomic mass is 9.91. The smallest absolute Gasteiger partial charge is 0.251 e. The summed E-state index contributed by atoms with van der Waals surface area (Å²) < 4.78 is 12.9. The summed E-state index contributed by atoms with van der Waals surface area (Å²) in [6, 6.07) is 13.7. The van der Waals surface area contributed by atoms with Crippen molar-refractivity contribution in [3.63, 3.8) is 0 Å². The lowest BCUT2D eigenvalue weighted by Gasteiger charge is -2.33. The van der Waals surface area contributed by atoms with E-state index in [1.165, 1.54) is 29.8 Å². The van der Waals surface area contributed by atoms with Crippen molar-refractivity contribution in [2.45, 2.75) is 25.6 Å². The van der Waals surface area contributed by atoms with Crippen LogP contribution in [0.1, 0.15) is 34.5 Å². The zero-order valence-electron chi connectivity index (χ0n) is 11.8. The largest absolute Gasteiger partial charge is 0.344 e. The molecule has 0 radical (unpaired) electrons. The van der Waals surface area contributed by atoms with Crippen LogP contribution in [0, 0.1) is 5.82 Å². The first kappa shape index (κ1) is 13.8. The minimum atomic E-state index is -0.343. The van der Waals surface area contributed by atoms with Crippen molar-refractivity contribution >= 4 is 5.91 Å². The Kier molecular flexibility index (Phi) is 3.71. The third kappa shape index (κ3) is 2.81. The SMILES string of the molecule is CC1NCc2ccccc2C1NC(=O)c1ccc(F)cc1. The van der Waals surface area contributed by atoms with Crippen LogP contribution in [0.2, 0.25) is 0 Å². The molecule has 0 aliphatic carbocycles. The molecule has 3 rings (SSSR count). The molecule has 0 bridgehead atoms. The van der Waals surface area contributed by atoms with Crippen molar-refractivity contribution in [1.29, 1.82) is 0 Å². The minimum Gasteiger partial charge on any atom is -0.344 e. The van der Waals surface area contributed by atoms with E-state index in [1.807, 2.05) is 25.1 Å². The van der Waals surface area contributed by atoms with E-state index < -0.39 is 0 Å². The molecule has 1 aliphatic rings. The maximum absolute atomic E-state index is 12.9. The van der Waals surface area contributed by atoms with E-state index in [2.05, 4.69) is 16.7 Å². The van der Waals surface area contributed by atoms with Crippen molar-refractivity contribution in [3.05, 3.63) is 71.0 Å². The molecule has 2 aromatic rings. The third-order valence-corrected chi connectivity index (χ3v) is 3.90. The van der Waals surface area contributed by atoms with E-state index in [0.29, 0.717) is 5.56 Å². The summed E-state index contributed by atoms with van der Waals surface area (Å²) in [4.78, 5) is 12.3. The van der Waals surface area contributed by atoms with Crippen LogP contribution in [0.5, 0.6) is 0 Å². The molecule has 2 aromatic carbocycles. The van der Waals surface area contributed by atoms with Crippen LogP contribution in [0.15, 0.2) is 48.5 Å². The zero-order valence-corrected chi connectivity index (χ0v) is 11.8. The van der Waals surface area contributed by atoms with E-state index in [9.17, 15) is 9.18 Å². The molecule has 2 unspecified atom stereocenters. The van der Waals surface area contributed by atoms with Gasteiger partial charge in [0.15, 0.2) is 0 Å². The highest BCUT2D eigenvalue weighted by atomic mass is 19.1. The Morgan fingerprint density at radius 1 is 1.19 bits per heavy atom. The number of rotatable bonds is 2. The van der Waals surface area contributed by atoms with Gasteiger partial charge in [-0.2, -0.15) is 0 Å². The Bertz CT molecular complexity index is 654. The number of fused-ring (bicyclic) bond motifs is 1. The predicted octanol–water partition coefficient (Wildman–Crippen LogP) is 2.79. The normalized spacial score (nSPS) is 20.7. The molecule has 0 spiro atoms. The molecular weight excluding hydrogens is 267 g/mol. The highest BCUT2D eigenvalue weighted by Crippen LogP contribution is 2.26. The quantitative estimate of drug-likeness (QED) is 0.890. The fraction of sp³-hybridized carbons (Fsp3) is 0.235. The van der Waals surface area contributed by atoms with E-state index in [1.54, 1.807) is 0 Å². The van der Waals surface area contributed by atoms with Crippen LogP contribution in [-0.2, 0) is 6.54 Å². The monoisotopic (exact) mass is 284 g/mol. The molecule has 1 amide bonds. The van der Waals surface area contributed by atoms with Crippen molar-refractivity contribution in [1.82, 2.24) is 10.6 Å². The van der Waals surface area contributed by atoms with E-state index in [-0.39, 0.29) is 23.8 Å². The van der Waals surface area contributed by atoms with Gasteiger partial charge in [0.2, 0.25) is 0 Å². The summed E-state index contributed by atoms with van der Waals surface area (Å²) in [6.07, 6.45) is 0. The van der Waals surface area contributed by atoms with Crippen LogP contribution in [-0.4, -0.2) is 11.9 Å². The molecule has 21 heavy (non-hydrogen) atoms. The van der Waals surface area contributed by atoms with Crippen molar-refractivity contribution < 1.29 is 9.18 Å². The standard InChI is InChI=1S/C17H17FN2O/c1-11-16(15-5-3-2-4-13(15)10-19-11)20-17(21)12-6-8-14(18)9-7-12/h2-9,11,16,19H,10H2,1H3,(H,20,21). The topological polar surface area (TPSA) is 41.1 Å². The van der Waals surface area contributed by atoms with Gasteiger partial charge in [-0.05, 0) is 42.3 Å². The number of nitrogens with one attached hydrogen (secondary N) is 2. The van der Waals surface area contributed by atoms with Crippen molar-refractivity contribution in [3.8, 4) is 0 Å². The Balaban J connectivity index is 1.84. The molecule has 0 aromatic heterocycles. The Morgan fingerprint density at radius 2 is 1.90 bits per heavy atom. The summed E-state index contributed by atoms with van der Waals surface area (Å²) in [7, 11) is 0. The number of amides is 1. The highest BCUT2D eigenvalue weighted by molar-refractivity contribution is 5.94. The lowest BCUT2D eigenvalue weighted by molar-refractivity contribution is 0.0925. The third-order valence-electron chi connectivity index (χ3n) is 3.90. The van der Waals surface area contributed by atoms with Gasteiger partial charge >= 0.3 is 0 Å². The first-order valence-electron chi connectivity index (χ1n) is 7.03. The summed E-state index contributed by atoms with van der Waals surface area (Å²) in [5.74, 6) is -0.532. The first-order valence-corrected chi connectivity index (χ1v) is 7.03. The fourth-order valence-corrected chi connectivity index (χ4v) is 2.69. The van der Waals surface area contributed by atoms with Crippen LogP contribution in [0.25, 0.3) is 0 Å². The fourth-order valence-electron chi connectivity index (χ4n) is 2.69. The molecule has 108 valence electrons. The minimum absolute atomic E-state index is 0.0903. The molecule has 0 fully saturated rings. The molecule has 1 heterocycles. The maximum Gasteiger partial charge on any atom is 0.251 e. The predicted molar refractivity (Wildman–Crippen MR) is 79.4 cm³/mol. The number of halogens is 1. The Hall–Kier alpha value is -2.20. The average Bonchev–Trinajstić information content (AvgIpc) is 2.51. The molecule has 2 atom stereocenters. The number of hydrogen-bond donors (Lipinski definition) is 2. The second-order valence-corrected chi connectivity index (χ2v) is 5.33. The summed E-state index contributed by atoms with van der Waals surface area (Å²) in [5, 5.41) is 6.42. The molecule has 0 saturated heterocycles. The number of carbonyl (C=O) groups excluding carboxylic acids is 1. The van der Waals surface area contributed by atoms with Crippen molar-refractivity contribution in [2.24, 2.45) is 0 Å². The zero-order chi connectivity index (χ0) is 14.8. The summed E-state index contributed by atoms with van der Waals surface area (Å²) >= 11 is 0. The van der Waals surface area contributed by atoms with Gasteiger partial charge in [0.05, 0.1) is 6.04 Å². The average molecular weight is 284 g/mol.